The van der Waals surface area contributed by atoms with Crippen molar-refractivity contribution < 1.29 is 0 Å². The van der Waals surface area contributed by atoms with Crippen LogP contribution in [-0.2, 0) is 0 Å². The van der Waals surface area contributed by atoms with E-state index in [1.165, 1.54) is 0 Å². The number of halogens is 1. The summed E-state index contributed by atoms with van der Waals surface area (Å²) in [5, 5.41) is 12.6. The third kappa shape index (κ3) is 3.09. The Morgan fingerprint density at radius 1 is 1.00 bits per heavy atom. The average molecular weight is 298 g/mol. The number of hydrogen-bond donors (Lipinski definition) is 1. The van der Waals surface area contributed by atoms with E-state index in [0.717, 1.165) is 11.4 Å². The maximum absolute atomic E-state index is 6.26. The molecule has 21 heavy (non-hydrogen) atoms. The third-order valence-electron chi connectivity index (χ3n) is 2.79. The molecule has 5 nitrogen and oxygen atoms in total. The van der Waals surface area contributed by atoms with Crippen molar-refractivity contribution in [1.29, 1.82) is 0 Å². The van der Waals surface area contributed by atoms with E-state index < -0.39 is 0 Å². The number of rotatable bonds is 4. The summed E-state index contributed by atoms with van der Waals surface area (Å²) in [4.78, 5) is 0. The van der Waals surface area contributed by atoms with Gasteiger partial charge in [0.1, 0.15) is 5.69 Å². The molecule has 0 saturated carbocycles. The van der Waals surface area contributed by atoms with Crippen LogP contribution >= 0.6 is 11.6 Å². The summed E-state index contributed by atoms with van der Waals surface area (Å²) < 4.78 is 1.56. The minimum absolute atomic E-state index is 0.416. The Morgan fingerprint density at radius 3 is 2.38 bits per heavy atom. The van der Waals surface area contributed by atoms with Crippen LogP contribution in [0.1, 0.15) is 5.69 Å². The Balaban J connectivity index is 1.77. The molecule has 0 saturated heterocycles. The minimum Gasteiger partial charge on any atom is -0.278 e. The Hall–Kier alpha value is -2.66. The summed E-state index contributed by atoms with van der Waals surface area (Å²) in [6.07, 6.45) is 1.54. The molecule has 2 aromatic carbocycles. The van der Waals surface area contributed by atoms with Gasteiger partial charge < -0.3 is 0 Å². The zero-order valence-corrected chi connectivity index (χ0v) is 11.8. The summed E-state index contributed by atoms with van der Waals surface area (Å²) in [6.45, 7) is 0. The van der Waals surface area contributed by atoms with Crippen LogP contribution in [0.4, 0.5) is 5.69 Å². The second-order valence-electron chi connectivity index (χ2n) is 4.25. The lowest BCUT2D eigenvalue weighted by Gasteiger charge is -2.00. The van der Waals surface area contributed by atoms with Crippen molar-refractivity contribution in [1.82, 2.24) is 15.0 Å². The fourth-order valence-corrected chi connectivity index (χ4v) is 1.99. The first kappa shape index (κ1) is 13.3. The van der Waals surface area contributed by atoms with Crippen molar-refractivity contribution in [2.75, 3.05) is 5.43 Å². The van der Waals surface area contributed by atoms with Crippen molar-refractivity contribution in [2.24, 2.45) is 5.10 Å². The van der Waals surface area contributed by atoms with Crippen LogP contribution in [0.15, 0.2) is 65.8 Å². The molecule has 1 N–H and O–H groups in total. The van der Waals surface area contributed by atoms with E-state index in [1.807, 2.05) is 60.7 Å². The molecular weight excluding hydrogens is 286 g/mol. The second kappa shape index (κ2) is 6.19. The topological polar surface area (TPSA) is 55.1 Å². The van der Waals surface area contributed by atoms with E-state index in [2.05, 4.69) is 20.8 Å². The van der Waals surface area contributed by atoms with Gasteiger partial charge in [-0.2, -0.15) is 5.10 Å². The van der Waals surface area contributed by atoms with Gasteiger partial charge in [0, 0.05) is 0 Å². The number of nitrogens with one attached hydrogen (secondary N) is 1. The molecule has 1 aromatic heterocycles. The van der Waals surface area contributed by atoms with Crippen LogP contribution in [0.5, 0.6) is 0 Å². The van der Waals surface area contributed by atoms with Crippen LogP contribution in [0.3, 0.4) is 0 Å². The van der Waals surface area contributed by atoms with Gasteiger partial charge in [0.05, 0.1) is 17.6 Å². The van der Waals surface area contributed by atoms with E-state index in [1.54, 1.807) is 10.9 Å². The van der Waals surface area contributed by atoms with E-state index in [4.69, 9.17) is 11.6 Å². The standard InChI is InChI=1S/C15H12ClN5/c16-15-14(11-17-18-12-7-3-1-4-8-12)19-20-21(15)13-9-5-2-6-10-13/h1-11,18H/b17-11+. The van der Waals surface area contributed by atoms with Gasteiger partial charge in [-0.1, -0.05) is 53.2 Å². The summed E-state index contributed by atoms with van der Waals surface area (Å²) in [6, 6.07) is 19.2. The molecule has 0 unspecified atom stereocenters. The van der Waals surface area contributed by atoms with Crippen LogP contribution < -0.4 is 5.43 Å². The highest BCUT2D eigenvalue weighted by atomic mass is 35.5. The first-order chi connectivity index (χ1) is 10.3. The molecule has 3 rings (SSSR count). The summed E-state index contributed by atoms with van der Waals surface area (Å²) in [5.41, 5.74) is 5.15. The smallest absolute Gasteiger partial charge is 0.162 e. The Kier molecular flexibility index (Phi) is 3.93. The van der Waals surface area contributed by atoms with Gasteiger partial charge in [-0.3, -0.25) is 5.43 Å². The predicted molar refractivity (Wildman–Crippen MR) is 84.0 cm³/mol. The molecule has 1 heterocycles. The van der Waals surface area contributed by atoms with Crippen LogP contribution in [-0.4, -0.2) is 21.2 Å². The minimum atomic E-state index is 0.416. The monoisotopic (exact) mass is 297 g/mol. The lowest BCUT2D eigenvalue weighted by atomic mass is 10.3. The molecule has 0 aliphatic rings. The number of nitrogens with zero attached hydrogens (tertiary/aromatic N) is 4. The van der Waals surface area contributed by atoms with Crippen molar-refractivity contribution in [3.63, 3.8) is 0 Å². The zero-order valence-electron chi connectivity index (χ0n) is 11.0. The van der Waals surface area contributed by atoms with Gasteiger partial charge in [-0.05, 0) is 24.3 Å². The molecule has 3 aromatic rings. The highest BCUT2D eigenvalue weighted by molar-refractivity contribution is 6.32. The molecular formula is C15H12ClN5. The fraction of sp³-hybridized carbons (Fsp3) is 0. The van der Waals surface area contributed by atoms with E-state index in [-0.39, 0.29) is 0 Å². The van der Waals surface area contributed by atoms with Gasteiger partial charge in [-0.15, -0.1) is 5.10 Å². The maximum atomic E-state index is 6.26. The molecule has 104 valence electrons. The third-order valence-corrected chi connectivity index (χ3v) is 3.15. The predicted octanol–water partition coefficient (Wildman–Crippen LogP) is 3.37. The highest BCUT2D eigenvalue weighted by Crippen LogP contribution is 2.16. The van der Waals surface area contributed by atoms with Crippen molar-refractivity contribution in [3.05, 3.63) is 71.5 Å². The van der Waals surface area contributed by atoms with Crippen molar-refractivity contribution in [3.8, 4) is 5.69 Å². The van der Waals surface area contributed by atoms with Gasteiger partial charge in [0.25, 0.3) is 0 Å². The van der Waals surface area contributed by atoms with E-state index >= 15 is 0 Å². The average Bonchev–Trinajstić information content (AvgIpc) is 2.90. The molecule has 0 aliphatic heterocycles. The molecule has 6 heteroatoms. The lowest BCUT2D eigenvalue weighted by Crippen LogP contribution is -1.96. The molecule has 0 atom stereocenters. The van der Waals surface area contributed by atoms with E-state index in [9.17, 15) is 0 Å². The van der Waals surface area contributed by atoms with Gasteiger partial charge in [0.2, 0.25) is 0 Å². The largest absolute Gasteiger partial charge is 0.278 e. The SMILES string of the molecule is Clc1c(/C=N/Nc2ccccc2)nnn1-c1ccccc1. The van der Waals surface area contributed by atoms with Crippen LogP contribution in [0.25, 0.3) is 5.69 Å². The first-order valence-electron chi connectivity index (χ1n) is 6.35. The summed E-state index contributed by atoms with van der Waals surface area (Å²) >= 11 is 6.26. The normalized spacial score (nSPS) is 10.9. The van der Waals surface area contributed by atoms with Crippen LogP contribution in [0, 0.1) is 0 Å². The molecule has 0 radical (unpaired) electrons. The summed E-state index contributed by atoms with van der Waals surface area (Å²) in [5.74, 6) is 0. The maximum Gasteiger partial charge on any atom is 0.162 e. The number of benzene rings is 2. The van der Waals surface area contributed by atoms with Crippen molar-refractivity contribution in [2.45, 2.75) is 0 Å². The Morgan fingerprint density at radius 2 is 1.67 bits per heavy atom. The quantitative estimate of drug-likeness (QED) is 0.593. The Bertz CT molecular complexity index is 737. The number of anilines is 1. The zero-order chi connectivity index (χ0) is 14.5. The molecule has 0 spiro atoms. The van der Waals surface area contributed by atoms with Crippen molar-refractivity contribution >= 4 is 23.5 Å². The fourth-order valence-electron chi connectivity index (χ4n) is 1.78. The van der Waals surface area contributed by atoms with Gasteiger partial charge in [-0.25, -0.2) is 4.68 Å². The molecule has 0 aliphatic carbocycles. The van der Waals surface area contributed by atoms with Gasteiger partial charge >= 0.3 is 0 Å². The Labute approximate surface area is 126 Å². The van der Waals surface area contributed by atoms with Crippen LogP contribution in [0.2, 0.25) is 5.15 Å². The molecule has 0 amide bonds. The summed E-state index contributed by atoms with van der Waals surface area (Å²) in [7, 11) is 0. The lowest BCUT2D eigenvalue weighted by molar-refractivity contribution is 0.803. The number of para-hydroxylation sites is 2. The molecule has 0 bridgehead atoms. The number of aromatic nitrogens is 3. The van der Waals surface area contributed by atoms with Gasteiger partial charge in [0.15, 0.2) is 5.15 Å². The number of hydrogen-bond acceptors (Lipinski definition) is 4. The molecule has 0 fully saturated rings. The highest BCUT2D eigenvalue weighted by Gasteiger charge is 2.09. The second-order valence-corrected chi connectivity index (χ2v) is 4.61. The van der Waals surface area contributed by atoms with E-state index in [0.29, 0.717) is 10.8 Å². The first-order valence-corrected chi connectivity index (χ1v) is 6.73. The number of hydrazone groups is 1.